The van der Waals surface area contributed by atoms with Crippen LogP contribution in [0.1, 0.15) is 5.56 Å². The quantitative estimate of drug-likeness (QED) is 0.742. The van der Waals surface area contributed by atoms with E-state index in [2.05, 4.69) is 10.6 Å². The van der Waals surface area contributed by atoms with Crippen molar-refractivity contribution in [1.82, 2.24) is 0 Å². The van der Waals surface area contributed by atoms with Crippen LogP contribution in [0.3, 0.4) is 0 Å². The lowest BCUT2D eigenvalue weighted by Gasteiger charge is -2.13. The maximum atomic E-state index is 12.6. The molecule has 0 saturated carbocycles. The molecular formula is C15H13F3N2O4S. The van der Waals surface area contributed by atoms with Crippen LogP contribution in [0.4, 0.5) is 29.3 Å². The van der Waals surface area contributed by atoms with Crippen LogP contribution in [0.15, 0.2) is 53.4 Å². The first-order valence-electron chi connectivity index (χ1n) is 6.84. The Morgan fingerprint density at radius 2 is 1.76 bits per heavy atom. The Morgan fingerprint density at radius 3 is 2.40 bits per heavy atom. The van der Waals surface area contributed by atoms with Gasteiger partial charge in [-0.3, -0.25) is 5.32 Å². The molecule has 0 fully saturated rings. The largest absolute Gasteiger partial charge is 0.501 e. The van der Waals surface area contributed by atoms with Crippen LogP contribution in [0, 0.1) is 0 Å². The second-order valence-electron chi connectivity index (χ2n) is 4.92. The van der Waals surface area contributed by atoms with Crippen LogP contribution in [0.2, 0.25) is 0 Å². The van der Waals surface area contributed by atoms with Crippen molar-refractivity contribution in [2.24, 2.45) is 0 Å². The maximum absolute atomic E-state index is 12.6. The Morgan fingerprint density at radius 1 is 1.08 bits per heavy atom. The number of benzene rings is 2. The number of alkyl halides is 3. The van der Waals surface area contributed by atoms with Crippen LogP contribution in [-0.4, -0.2) is 25.1 Å². The molecule has 10 heteroatoms. The number of anilines is 2. The zero-order valence-electron chi connectivity index (χ0n) is 12.5. The third kappa shape index (κ3) is 4.41. The number of para-hydroxylation sites is 1. The number of halogens is 3. The van der Waals surface area contributed by atoms with Gasteiger partial charge >= 0.3 is 11.6 Å². The van der Waals surface area contributed by atoms with Crippen molar-refractivity contribution < 1.29 is 31.5 Å². The van der Waals surface area contributed by atoms with Gasteiger partial charge in [-0.25, -0.2) is 13.2 Å². The number of hydrogen-bond donors (Lipinski definition) is 3. The minimum atomic E-state index is -5.44. The SMILES string of the molecule is O=C(O)Nc1ccccc1CNc1cccc(S(=O)(=O)C(F)(F)F)c1. The number of amides is 1. The van der Waals surface area contributed by atoms with Crippen LogP contribution >= 0.6 is 0 Å². The van der Waals surface area contributed by atoms with Gasteiger partial charge in [0, 0.05) is 17.9 Å². The molecule has 1 amide bonds. The molecule has 0 aromatic heterocycles. The second-order valence-corrected chi connectivity index (χ2v) is 6.86. The predicted octanol–water partition coefficient (Wildman–Crippen LogP) is 3.68. The smallest absolute Gasteiger partial charge is 0.465 e. The number of hydrogen-bond acceptors (Lipinski definition) is 4. The highest BCUT2D eigenvalue weighted by Gasteiger charge is 2.46. The summed E-state index contributed by atoms with van der Waals surface area (Å²) in [5.41, 5.74) is -4.39. The molecule has 2 rings (SSSR count). The summed E-state index contributed by atoms with van der Waals surface area (Å²) in [7, 11) is -5.44. The molecule has 0 heterocycles. The van der Waals surface area contributed by atoms with E-state index < -0.39 is 26.3 Å². The third-order valence-corrected chi connectivity index (χ3v) is 4.67. The van der Waals surface area contributed by atoms with Gasteiger partial charge in [0.1, 0.15) is 0 Å². The zero-order chi connectivity index (χ0) is 18.7. The molecule has 6 nitrogen and oxygen atoms in total. The van der Waals surface area contributed by atoms with E-state index in [-0.39, 0.29) is 12.2 Å². The molecule has 0 aliphatic heterocycles. The third-order valence-electron chi connectivity index (χ3n) is 3.19. The van der Waals surface area contributed by atoms with Gasteiger partial charge in [0.2, 0.25) is 0 Å². The molecule has 0 bridgehead atoms. The Labute approximate surface area is 141 Å². The van der Waals surface area contributed by atoms with E-state index in [0.29, 0.717) is 11.3 Å². The summed E-state index contributed by atoms with van der Waals surface area (Å²) in [6.45, 7) is 0.0754. The highest BCUT2D eigenvalue weighted by molar-refractivity contribution is 7.92. The highest BCUT2D eigenvalue weighted by atomic mass is 32.2. The Kier molecular flexibility index (Phi) is 5.21. The number of carboxylic acid groups (broad SMARTS) is 1. The summed E-state index contributed by atoms with van der Waals surface area (Å²) in [5.74, 6) is 0. The molecule has 0 saturated heterocycles. The summed E-state index contributed by atoms with van der Waals surface area (Å²) < 4.78 is 60.7. The van der Waals surface area contributed by atoms with Crippen LogP contribution in [-0.2, 0) is 16.4 Å². The van der Waals surface area contributed by atoms with Gasteiger partial charge in [0.15, 0.2) is 0 Å². The van der Waals surface area contributed by atoms with Crippen molar-refractivity contribution >= 4 is 27.3 Å². The number of rotatable bonds is 5. The highest BCUT2D eigenvalue weighted by Crippen LogP contribution is 2.31. The van der Waals surface area contributed by atoms with Crippen molar-refractivity contribution in [3.8, 4) is 0 Å². The lowest BCUT2D eigenvalue weighted by Crippen LogP contribution is -2.23. The molecule has 0 unspecified atom stereocenters. The van der Waals surface area contributed by atoms with Crippen LogP contribution in [0.25, 0.3) is 0 Å². The van der Waals surface area contributed by atoms with E-state index in [1.54, 1.807) is 18.2 Å². The summed E-state index contributed by atoms with van der Waals surface area (Å²) >= 11 is 0. The van der Waals surface area contributed by atoms with Gasteiger partial charge in [0.05, 0.1) is 4.90 Å². The first-order chi connectivity index (χ1) is 11.6. The Hall–Kier alpha value is -2.75. The molecular weight excluding hydrogens is 361 g/mol. The Balaban J connectivity index is 2.21. The van der Waals surface area contributed by atoms with Gasteiger partial charge < -0.3 is 10.4 Å². The fourth-order valence-corrected chi connectivity index (χ4v) is 2.82. The van der Waals surface area contributed by atoms with Crippen molar-refractivity contribution in [1.29, 1.82) is 0 Å². The summed E-state index contributed by atoms with van der Waals surface area (Å²) in [6, 6.07) is 10.7. The summed E-state index contributed by atoms with van der Waals surface area (Å²) in [6.07, 6.45) is -1.26. The Bertz CT molecular complexity index is 882. The molecule has 0 radical (unpaired) electrons. The maximum Gasteiger partial charge on any atom is 0.501 e. The first-order valence-corrected chi connectivity index (χ1v) is 8.33. The first kappa shape index (κ1) is 18.6. The summed E-state index contributed by atoms with van der Waals surface area (Å²) in [4.78, 5) is 9.87. The van der Waals surface area contributed by atoms with E-state index >= 15 is 0 Å². The molecule has 3 N–H and O–H groups in total. The summed E-state index contributed by atoms with van der Waals surface area (Å²) in [5, 5.41) is 13.7. The van der Waals surface area contributed by atoms with E-state index in [9.17, 15) is 26.4 Å². The van der Waals surface area contributed by atoms with Gasteiger partial charge in [-0.05, 0) is 29.8 Å². The van der Waals surface area contributed by atoms with Crippen molar-refractivity contribution in [3.05, 3.63) is 54.1 Å². The second kappa shape index (κ2) is 7.01. The normalized spacial score (nSPS) is 11.8. The van der Waals surface area contributed by atoms with Crippen LogP contribution in [0.5, 0.6) is 0 Å². The lowest BCUT2D eigenvalue weighted by molar-refractivity contribution is -0.0436. The zero-order valence-corrected chi connectivity index (χ0v) is 13.4. The monoisotopic (exact) mass is 374 g/mol. The molecule has 134 valence electrons. The average Bonchev–Trinajstić information content (AvgIpc) is 2.53. The fourth-order valence-electron chi connectivity index (χ4n) is 2.02. The van der Waals surface area contributed by atoms with Gasteiger partial charge in [-0.2, -0.15) is 13.2 Å². The lowest BCUT2D eigenvalue weighted by atomic mass is 10.1. The molecule has 2 aromatic carbocycles. The van der Waals surface area contributed by atoms with Crippen LogP contribution < -0.4 is 10.6 Å². The molecule has 0 atom stereocenters. The number of carbonyl (C=O) groups is 1. The van der Waals surface area contributed by atoms with E-state index in [1.807, 2.05) is 0 Å². The minimum absolute atomic E-state index is 0.0754. The van der Waals surface area contributed by atoms with Gasteiger partial charge in [-0.15, -0.1) is 0 Å². The van der Waals surface area contributed by atoms with E-state index in [4.69, 9.17) is 5.11 Å². The van der Waals surface area contributed by atoms with Crippen molar-refractivity contribution in [2.45, 2.75) is 16.9 Å². The molecule has 0 spiro atoms. The molecule has 2 aromatic rings. The number of nitrogens with one attached hydrogen (secondary N) is 2. The predicted molar refractivity (Wildman–Crippen MR) is 85.1 cm³/mol. The van der Waals surface area contributed by atoms with E-state index in [0.717, 1.165) is 12.1 Å². The molecule has 0 aliphatic carbocycles. The van der Waals surface area contributed by atoms with Crippen molar-refractivity contribution in [2.75, 3.05) is 10.6 Å². The minimum Gasteiger partial charge on any atom is -0.465 e. The number of sulfone groups is 1. The van der Waals surface area contributed by atoms with Crippen molar-refractivity contribution in [3.63, 3.8) is 0 Å². The van der Waals surface area contributed by atoms with E-state index in [1.165, 1.54) is 18.2 Å². The molecule has 0 aliphatic rings. The standard InChI is InChI=1S/C15H13F3N2O4S/c16-15(17,18)25(23,24)12-6-3-5-11(8-12)19-9-10-4-1-2-7-13(10)20-14(21)22/h1-8,19-20H,9H2,(H,21,22). The fraction of sp³-hybridized carbons (Fsp3) is 0.133. The average molecular weight is 374 g/mol. The topological polar surface area (TPSA) is 95.5 Å². The van der Waals surface area contributed by atoms with Gasteiger partial charge in [-0.1, -0.05) is 24.3 Å². The van der Waals surface area contributed by atoms with Gasteiger partial charge in [0.25, 0.3) is 9.84 Å². The molecule has 25 heavy (non-hydrogen) atoms.